The van der Waals surface area contributed by atoms with Gasteiger partial charge in [-0.2, -0.15) is 0 Å². The number of hydrogen-bond donors (Lipinski definition) is 2. The summed E-state index contributed by atoms with van der Waals surface area (Å²) in [6, 6.07) is 6.55. The van der Waals surface area contributed by atoms with E-state index in [0.29, 0.717) is 12.1 Å². The first-order valence-electron chi connectivity index (χ1n) is 7.95. The van der Waals surface area contributed by atoms with E-state index in [9.17, 15) is 18.0 Å². The Morgan fingerprint density at radius 3 is 2.48 bits per heavy atom. The minimum atomic E-state index is -3.28. The molecular weight excluding hydrogens is 348 g/mol. The summed E-state index contributed by atoms with van der Waals surface area (Å²) in [6.45, 7) is 3.74. The summed E-state index contributed by atoms with van der Waals surface area (Å²) in [6.07, 6.45) is -1.39. The number of morpholine rings is 1. The SMILES string of the molecule is CCS(=O)(=O)NCc1ccc(C(=O)N2CC(C(=O)O)O[C@H](C)C2)cc1. The van der Waals surface area contributed by atoms with Crippen LogP contribution in [0, 0.1) is 0 Å². The number of carbonyl (C=O) groups is 2. The molecule has 2 N–H and O–H groups in total. The van der Waals surface area contributed by atoms with Crippen molar-refractivity contribution in [1.82, 2.24) is 9.62 Å². The van der Waals surface area contributed by atoms with Gasteiger partial charge in [0.1, 0.15) is 0 Å². The molecule has 1 aromatic rings. The van der Waals surface area contributed by atoms with E-state index in [1.807, 2.05) is 0 Å². The summed E-state index contributed by atoms with van der Waals surface area (Å²) >= 11 is 0. The van der Waals surface area contributed by atoms with Crippen molar-refractivity contribution < 1.29 is 27.9 Å². The van der Waals surface area contributed by atoms with E-state index in [1.165, 1.54) is 4.90 Å². The highest BCUT2D eigenvalue weighted by molar-refractivity contribution is 7.89. The number of rotatable bonds is 6. The molecule has 25 heavy (non-hydrogen) atoms. The third kappa shape index (κ3) is 5.25. The van der Waals surface area contributed by atoms with Crippen molar-refractivity contribution in [3.05, 3.63) is 35.4 Å². The molecule has 0 spiro atoms. The van der Waals surface area contributed by atoms with Crippen molar-refractivity contribution in [2.75, 3.05) is 18.8 Å². The number of aliphatic carboxylic acids is 1. The summed E-state index contributed by atoms with van der Waals surface area (Å²) in [5, 5.41) is 9.09. The van der Waals surface area contributed by atoms with Crippen LogP contribution in [0.1, 0.15) is 29.8 Å². The molecule has 0 aromatic heterocycles. The van der Waals surface area contributed by atoms with Gasteiger partial charge in [-0.3, -0.25) is 4.79 Å². The van der Waals surface area contributed by atoms with Gasteiger partial charge in [-0.1, -0.05) is 12.1 Å². The molecule has 1 amide bonds. The maximum Gasteiger partial charge on any atom is 0.334 e. The average molecular weight is 370 g/mol. The summed E-state index contributed by atoms with van der Waals surface area (Å²) in [5.41, 5.74) is 1.15. The fourth-order valence-corrected chi connectivity index (χ4v) is 3.09. The van der Waals surface area contributed by atoms with E-state index >= 15 is 0 Å². The van der Waals surface area contributed by atoms with Gasteiger partial charge in [0.25, 0.3) is 5.91 Å². The van der Waals surface area contributed by atoms with Crippen LogP contribution in [0.5, 0.6) is 0 Å². The number of nitrogens with zero attached hydrogens (tertiary/aromatic N) is 1. The van der Waals surface area contributed by atoms with Gasteiger partial charge in [0.2, 0.25) is 10.0 Å². The predicted molar refractivity (Wildman–Crippen MR) is 90.6 cm³/mol. The molecule has 1 fully saturated rings. The Hall–Kier alpha value is -1.97. The molecule has 1 aromatic carbocycles. The molecule has 2 rings (SSSR count). The van der Waals surface area contributed by atoms with E-state index < -0.39 is 22.1 Å². The zero-order chi connectivity index (χ0) is 18.6. The summed E-state index contributed by atoms with van der Waals surface area (Å²) < 4.78 is 30.6. The molecular formula is C16H22N2O6S. The standard InChI is InChI=1S/C16H22N2O6S/c1-3-25(22,23)17-8-12-4-6-13(7-5-12)15(19)18-9-11(2)24-14(10-18)16(20)21/h4-7,11,14,17H,3,8-10H2,1-2H3,(H,20,21)/t11-,14?/m1/s1. The number of sulfonamides is 1. The molecule has 1 aliphatic heterocycles. The van der Waals surface area contributed by atoms with Gasteiger partial charge >= 0.3 is 5.97 Å². The van der Waals surface area contributed by atoms with Crippen molar-refractivity contribution in [1.29, 1.82) is 0 Å². The number of hydrogen-bond acceptors (Lipinski definition) is 5. The second-order valence-corrected chi connectivity index (χ2v) is 8.00. The van der Waals surface area contributed by atoms with Gasteiger partial charge in [-0.15, -0.1) is 0 Å². The first kappa shape index (κ1) is 19.4. The Bertz CT molecular complexity index is 731. The summed E-state index contributed by atoms with van der Waals surface area (Å²) in [5.74, 6) is -1.37. The van der Waals surface area contributed by atoms with Crippen molar-refractivity contribution in [3.8, 4) is 0 Å². The Kier molecular flexibility index (Phi) is 6.15. The van der Waals surface area contributed by atoms with Gasteiger partial charge in [0.15, 0.2) is 6.10 Å². The lowest BCUT2D eigenvalue weighted by molar-refractivity contribution is -0.160. The van der Waals surface area contributed by atoms with Gasteiger partial charge < -0.3 is 14.7 Å². The first-order chi connectivity index (χ1) is 11.7. The maximum atomic E-state index is 12.6. The molecule has 0 aliphatic carbocycles. The molecule has 1 aliphatic rings. The summed E-state index contributed by atoms with van der Waals surface area (Å²) in [7, 11) is -3.28. The van der Waals surface area contributed by atoms with Crippen LogP contribution in [0.25, 0.3) is 0 Å². The minimum absolute atomic E-state index is 0.00342. The van der Waals surface area contributed by atoms with Crippen molar-refractivity contribution in [3.63, 3.8) is 0 Å². The predicted octanol–water partition coefficient (Wildman–Crippen LogP) is 0.440. The number of nitrogens with one attached hydrogen (secondary N) is 1. The molecule has 1 heterocycles. The number of amides is 1. The highest BCUT2D eigenvalue weighted by Gasteiger charge is 2.32. The molecule has 0 radical (unpaired) electrons. The number of carboxylic acids is 1. The quantitative estimate of drug-likeness (QED) is 0.751. The Labute approximate surface area is 146 Å². The lowest BCUT2D eigenvalue weighted by atomic mass is 10.1. The molecule has 1 unspecified atom stereocenters. The van der Waals surface area contributed by atoms with Crippen LogP contribution in [0.4, 0.5) is 0 Å². The number of carboxylic acid groups (broad SMARTS) is 1. The van der Waals surface area contributed by atoms with Crippen LogP contribution < -0.4 is 4.72 Å². The van der Waals surface area contributed by atoms with E-state index in [1.54, 1.807) is 38.1 Å². The van der Waals surface area contributed by atoms with Crippen LogP contribution in [0.3, 0.4) is 0 Å². The van der Waals surface area contributed by atoms with Crippen LogP contribution >= 0.6 is 0 Å². The molecule has 138 valence electrons. The Morgan fingerprint density at radius 1 is 1.28 bits per heavy atom. The fourth-order valence-electron chi connectivity index (χ4n) is 2.50. The third-order valence-electron chi connectivity index (χ3n) is 3.90. The van der Waals surface area contributed by atoms with Gasteiger partial charge in [-0.25, -0.2) is 17.9 Å². The highest BCUT2D eigenvalue weighted by Crippen LogP contribution is 2.15. The molecule has 8 nitrogen and oxygen atoms in total. The van der Waals surface area contributed by atoms with E-state index in [-0.39, 0.29) is 30.9 Å². The zero-order valence-corrected chi connectivity index (χ0v) is 15.0. The number of benzene rings is 1. The first-order valence-corrected chi connectivity index (χ1v) is 9.61. The van der Waals surface area contributed by atoms with E-state index in [4.69, 9.17) is 9.84 Å². The van der Waals surface area contributed by atoms with Gasteiger partial charge in [0, 0.05) is 18.7 Å². The molecule has 9 heteroatoms. The lowest BCUT2D eigenvalue weighted by Crippen LogP contribution is -2.51. The Balaban J connectivity index is 2.03. The minimum Gasteiger partial charge on any atom is -0.479 e. The second kappa shape index (κ2) is 7.94. The van der Waals surface area contributed by atoms with Crippen LogP contribution in [-0.2, 0) is 26.1 Å². The van der Waals surface area contributed by atoms with Gasteiger partial charge in [0.05, 0.1) is 18.4 Å². The normalized spacial score (nSPS) is 21.1. The highest BCUT2D eigenvalue weighted by atomic mass is 32.2. The van der Waals surface area contributed by atoms with E-state index in [0.717, 1.165) is 5.56 Å². The zero-order valence-electron chi connectivity index (χ0n) is 14.1. The smallest absolute Gasteiger partial charge is 0.334 e. The molecule has 2 atom stereocenters. The third-order valence-corrected chi connectivity index (χ3v) is 5.24. The second-order valence-electron chi connectivity index (χ2n) is 5.91. The molecule has 0 saturated carbocycles. The maximum absolute atomic E-state index is 12.6. The van der Waals surface area contributed by atoms with Crippen molar-refractivity contribution in [2.24, 2.45) is 0 Å². The van der Waals surface area contributed by atoms with Gasteiger partial charge in [-0.05, 0) is 31.5 Å². The lowest BCUT2D eigenvalue weighted by Gasteiger charge is -2.35. The van der Waals surface area contributed by atoms with Crippen LogP contribution in [0.15, 0.2) is 24.3 Å². The van der Waals surface area contributed by atoms with E-state index in [2.05, 4.69) is 4.72 Å². The van der Waals surface area contributed by atoms with Crippen LogP contribution in [-0.4, -0.2) is 61.4 Å². The largest absolute Gasteiger partial charge is 0.479 e. The number of carbonyl (C=O) groups excluding carboxylic acids is 1. The topological polar surface area (TPSA) is 113 Å². The van der Waals surface area contributed by atoms with Crippen LogP contribution in [0.2, 0.25) is 0 Å². The molecule has 1 saturated heterocycles. The van der Waals surface area contributed by atoms with Crippen molar-refractivity contribution >= 4 is 21.9 Å². The average Bonchev–Trinajstić information content (AvgIpc) is 2.59. The fraction of sp³-hybridized carbons (Fsp3) is 0.500. The Morgan fingerprint density at radius 2 is 1.92 bits per heavy atom. The van der Waals surface area contributed by atoms with Crippen molar-refractivity contribution in [2.45, 2.75) is 32.6 Å². The summed E-state index contributed by atoms with van der Waals surface area (Å²) in [4.78, 5) is 25.1. The molecule has 0 bridgehead atoms. The monoisotopic (exact) mass is 370 g/mol. The number of ether oxygens (including phenoxy) is 1.